The number of nitrogens with zero attached hydrogens (tertiary/aromatic N) is 6. The Morgan fingerprint density at radius 2 is 1.89 bits per heavy atom. The number of rotatable bonds is 8. The molecule has 0 fully saturated rings. The van der Waals surface area contributed by atoms with Gasteiger partial charge in [-0.2, -0.15) is 0 Å². The molecule has 0 aliphatic rings. The summed E-state index contributed by atoms with van der Waals surface area (Å²) >= 11 is 6.35. The van der Waals surface area contributed by atoms with Crippen LogP contribution in [-0.2, 0) is 6.61 Å². The Hall–Kier alpha value is -3.96. The lowest BCUT2D eigenvalue weighted by Crippen LogP contribution is -2.23. The first-order chi connectivity index (χ1) is 17.7. The SMILES string of the molecule is Cc1cnc(-c2ccnc(N(C)CCO)n2)cc1-n1c(C)cc(OCc2ncc(F)cc2F)c(Cl)c1=O. The highest BCUT2D eigenvalue weighted by molar-refractivity contribution is 6.31. The predicted molar refractivity (Wildman–Crippen MR) is 134 cm³/mol. The van der Waals surface area contributed by atoms with Crippen LogP contribution < -0.4 is 15.2 Å². The topological polar surface area (TPSA) is 106 Å². The Morgan fingerprint density at radius 3 is 2.62 bits per heavy atom. The van der Waals surface area contributed by atoms with Crippen LogP contribution in [0.2, 0.25) is 5.02 Å². The lowest BCUT2D eigenvalue weighted by molar-refractivity contribution is 0.292. The third-order valence-corrected chi connectivity index (χ3v) is 5.89. The van der Waals surface area contributed by atoms with Crippen LogP contribution in [0.15, 0.2) is 47.7 Å². The lowest BCUT2D eigenvalue weighted by atomic mass is 10.1. The highest BCUT2D eigenvalue weighted by atomic mass is 35.5. The molecule has 4 rings (SSSR count). The van der Waals surface area contributed by atoms with Crippen molar-refractivity contribution in [3.8, 4) is 22.8 Å². The first-order valence-electron chi connectivity index (χ1n) is 11.2. The van der Waals surface area contributed by atoms with Gasteiger partial charge in [-0.1, -0.05) is 11.6 Å². The Bertz CT molecular complexity index is 1510. The quantitative estimate of drug-likeness (QED) is 0.369. The van der Waals surface area contributed by atoms with Crippen molar-refractivity contribution in [1.82, 2.24) is 24.5 Å². The fourth-order valence-corrected chi connectivity index (χ4v) is 3.79. The fraction of sp³-hybridized carbons (Fsp3) is 0.240. The molecule has 192 valence electrons. The van der Waals surface area contributed by atoms with Gasteiger partial charge in [-0.25, -0.2) is 18.7 Å². The van der Waals surface area contributed by atoms with Crippen LogP contribution in [0.4, 0.5) is 14.7 Å². The van der Waals surface area contributed by atoms with Crippen molar-refractivity contribution >= 4 is 17.5 Å². The largest absolute Gasteiger partial charge is 0.485 e. The van der Waals surface area contributed by atoms with Crippen LogP contribution in [0, 0.1) is 25.5 Å². The second kappa shape index (κ2) is 11.0. The van der Waals surface area contributed by atoms with Crippen LogP contribution in [0.3, 0.4) is 0 Å². The maximum absolute atomic E-state index is 13.9. The zero-order valence-corrected chi connectivity index (χ0v) is 21.0. The minimum absolute atomic E-state index is 0.0465. The summed E-state index contributed by atoms with van der Waals surface area (Å²) in [6, 6.07) is 5.67. The summed E-state index contributed by atoms with van der Waals surface area (Å²) in [5, 5.41) is 8.98. The number of aliphatic hydroxyl groups excluding tert-OH is 1. The molecule has 0 radical (unpaired) electrons. The molecule has 0 atom stereocenters. The summed E-state index contributed by atoms with van der Waals surface area (Å²) < 4.78 is 34.0. The summed E-state index contributed by atoms with van der Waals surface area (Å²) in [6.07, 6.45) is 4.09. The number of hydrogen-bond donors (Lipinski definition) is 1. The molecule has 1 N–H and O–H groups in total. The Morgan fingerprint density at radius 1 is 1.11 bits per heavy atom. The molecule has 0 bridgehead atoms. The van der Waals surface area contributed by atoms with E-state index in [9.17, 15) is 18.7 Å². The second-order valence-electron chi connectivity index (χ2n) is 8.22. The minimum Gasteiger partial charge on any atom is -0.485 e. The van der Waals surface area contributed by atoms with Gasteiger partial charge in [0.25, 0.3) is 5.56 Å². The van der Waals surface area contributed by atoms with E-state index in [0.29, 0.717) is 46.9 Å². The normalized spacial score (nSPS) is 11.0. The van der Waals surface area contributed by atoms with Crippen LogP contribution in [0.1, 0.15) is 17.0 Å². The number of pyridine rings is 3. The van der Waals surface area contributed by atoms with E-state index < -0.39 is 17.2 Å². The third kappa shape index (κ3) is 5.57. The standard InChI is InChI=1S/C25H23ClF2N6O3/c1-14-11-30-19(18-4-5-29-25(32-18)33(3)6-7-35)10-21(14)34-15(2)8-22(23(26)24(34)36)37-13-20-17(28)9-16(27)12-31-20/h4-5,8-12,35H,6-7,13H2,1-3H3. The molecular weight excluding hydrogens is 506 g/mol. The number of likely N-dealkylation sites (N-methyl/N-ethyl adjacent to an activating group) is 1. The Labute approximate surface area is 216 Å². The van der Waals surface area contributed by atoms with Crippen molar-refractivity contribution < 1.29 is 18.6 Å². The number of aryl methyl sites for hydroxylation is 2. The van der Waals surface area contributed by atoms with Gasteiger partial charge in [-0.15, -0.1) is 0 Å². The minimum atomic E-state index is -0.864. The van der Waals surface area contributed by atoms with Gasteiger partial charge in [0.15, 0.2) is 5.82 Å². The molecule has 4 aromatic heterocycles. The smallest absolute Gasteiger partial charge is 0.277 e. The van der Waals surface area contributed by atoms with E-state index in [2.05, 4.69) is 19.9 Å². The monoisotopic (exact) mass is 528 g/mol. The predicted octanol–water partition coefficient (Wildman–Crippen LogP) is 3.64. The number of hydrogen-bond acceptors (Lipinski definition) is 8. The zero-order chi connectivity index (χ0) is 26.7. The summed E-state index contributed by atoms with van der Waals surface area (Å²) in [4.78, 5) is 31.9. The molecule has 0 saturated heterocycles. The van der Waals surface area contributed by atoms with Gasteiger partial charge in [0.1, 0.15) is 28.9 Å². The third-order valence-electron chi connectivity index (χ3n) is 5.55. The maximum atomic E-state index is 13.9. The van der Waals surface area contributed by atoms with Gasteiger partial charge in [0.05, 0.1) is 29.9 Å². The summed E-state index contributed by atoms with van der Waals surface area (Å²) in [7, 11) is 1.76. The van der Waals surface area contributed by atoms with E-state index in [1.165, 1.54) is 4.57 Å². The van der Waals surface area contributed by atoms with Crippen LogP contribution in [0.5, 0.6) is 5.75 Å². The van der Waals surface area contributed by atoms with E-state index in [-0.39, 0.29) is 29.7 Å². The van der Waals surface area contributed by atoms with Gasteiger partial charge >= 0.3 is 0 Å². The van der Waals surface area contributed by atoms with Crippen molar-refractivity contribution in [3.05, 3.63) is 86.8 Å². The average molecular weight is 529 g/mol. The van der Waals surface area contributed by atoms with E-state index in [1.54, 1.807) is 56.4 Å². The first-order valence-corrected chi connectivity index (χ1v) is 11.5. The molecule has 0 aliphatic carbocycles. The Kier molecular flexibility index (Phi) is 7.74. The molecule has 0 amide bonds. The van der Waals surface area contributed by atoms with Gasteiger partial charge in [-0.3, -0.25) is 19.3 Å². The molecule has 0 unspecified atom stereocenters. The first kappa shape index (κ1) is 26.1. The van der Waals surface area contributed by atoms with Crippen molar-refractivity contribution in [2.24, 2.45) is 0 Å². The second-order valence-corrected chi connectivity index (χ2v) is 8.60. The molecule has 37 heavy (non-hydrogen) atoms. The van der Waals surface area contributed by atoms with E-state index in [4.69, 9.17) is 16.3 Å². The molecule has 0 aromatic carbocycles. The number of aromatic nitrogens is 5. The number of ether oxygens (including phenoxy) is 1. The van der Waals surface area contributed by atoms with Crippen LogP contribution >= 0.6 is 11.6 Å². The molecule has 4 heterocycles. The van der Waals surface area contributed by atoms with Crippen molar-refractivity contribution in [2.45, 2.75) is 20.5 Å². The van der Waals surface area contributed by atoms with Crippen molar-refractivity contribution in [3.63, 3.8) is 0 Å². The highest BCUT2D eigenvalue weighted by Crippen LogP contribution is 2.27. The lowest BCUT2D eigenvalue weighted by Gasteiger charge is -2.17. The Balaban J connectivity index is 1.69. The van der Waals surface area contributed by atoms with Crippen LogP contribution in [0.25, 0.3) is 17.1 Å². The van der Waals surface area contributed by atoms with E-state index in [0.717, 1.165) is 6.20 Å². The maximum Gasteiger partial charge on any atom is 0.277 e. The molecular formula is C25H23ClF2N6O3. The average Bonchev–Trinajstić information content (AvgIpc) is 2.87. The molecule has 0 saturated carbocycles. The van der Waals surface area contributed by atoms with Crippen molar-refractivity contribution in [2.75, 3.05) is 25.1 Å². The van der Waals surface area contributed by atoms with Gasteiger partial charge in [0, 0.05) is 43.8 Å². The summed E-state index contributed by atoms with van der Waals surface area (Å²) in [5.74, 6) is -1.21. The number of anilines is 1. The fourth-order valence-electron chi connectivity index (χ4n) is 3.60. The molecule has 4 aromatic rings. The number of halogens is 3. The van der Waals surface area contributed by atoms with Crippen LogP contribution in [-0.4, -0.2) is 49.8 Å². The molecule has 0 spiro atoms. The number of aliphatic hydroxyl groups is 1. The molecule has 9 nitrogen and oxygen atoms in total. The summed E-state index contributed by atoms with van der Waals surface area (Å²) in [5.41, 5.74) is 2.12. The molecule has 12 heteroatoms. The van der Waals surface area contributed by atoms with Gasteiger partial charge < -0.3 is 14.7 Å². The van der Waals surface area contributed by atoms with Gasteiger partial charge in [-0.05, 0) is 31.5 Å². The molecule has 0 aliphatic heterocycles. The summed E-state index contributed by atoms with van der Waals surface area (Å²) in [6.45, 7) is 3.48. The van der Waals surface area contributed by atoms with E-state index in [1.807, 2.05) is 0 Å². The van der Waals surface area contributed by atoms with Crippen molar-refractivity contribution in [1.29, 1.82) is 0 Å². The van der Waals surface area contributed by atoms with Gasteiger partial charge in [0.2, 0.25) is 5.95 Å². The zero-order valence-electron chi connectivity index (χ0n) is 20.2. The highest BCUT2D eigenvalue weighted by Gasteiger charge is 2.18. The van der Waals surface area contributed by atoms with E-state index >= 15 is 0 Å².